The molecule has 0 aliphatic carbocycles. The number of rotatable bonds is 5. The molecule has 0 radical (unpaired) electrons. The molecule has 27 heavy (non-hydrogen) atoms. The maximum atomic E-state index is 13.2. The molecule has 1 aromatic rings. The number of benzene rings is 1. The van der Waals surface area contributed by atoms with Crippen molar-refractivity contribution in [3.05, 3.63) is 46.8 Å². The minimum atomic E-state index is -4.73. The summed E-state index contributed by atoms with van der Waals surface area (Å²) < 4.78 is 52.3. The molecule has 1 aliphatic rings. The number of nitrogens with zero attached hydrogens (tertiary/aromatic N) is 1. The number of thioether (sulfide) groups is 1. The Morgan fingerprint density at radius 2 is 2.07 bits per heavy atom. The van der Waals surface area contributed by atoms with Gasteiger partial charge in [-0.25, -0.2) is 4.39 Å². The Morgan fingerprint density at radius 1 is 1.37 bits per heavy atom. The van der Waals surface area contributed by atoms with Crippen molar-refractivity contribution in [3.63, 3.8) is 0 Å². The fourth-order valence-corrected chi connectivity index (χ4v) is 3.90. The molecule has 0 bridgehead atoms. The topological polar surface area (TPSA) is 49.4 Å². The van der Waals surface area contributed by atoms with E-state index < -0.39 is 36.1 Å². The van der Waals surface area contributed by atoms with Crippen LogP contribution in [0.4, 0.5) is 17.6 Å². The van der Waals surface area contributed by atoms with Gasteiger partial charge < -0.3 is 10.2 Å². The lowest BCUT2D eigenvalue weighted by atomic mass is 10.1. The van der Waals surface area contributed by atoms with Crippen molar-refractivity contribution in [2.24, 2.45) is 0 Å². The molecular weight excluding hydrogens is 384 g/mol. The molecule has 1 unspecified atom stereocenters. The monoisotopic (exact) mass is 404 g/mol. The van der Waals surface area contributed by atoms with Crippen molar-refractivity contribution in [3.8, 4) is 0 Å². The fraction of sp³-hybridized carbons (Fsp3) is 0.444. The van der Waals surface area contributed by atoms with Crippen LogP contribution in [0.2, 0.25) is 0 Å². The number of alkyl halides is 3. The van der Waals surface area contributed by atoms with Crippen molar-refractivity contribution >= 4 is 23.6 Å². The fourth-order valence-electron chi connectivity index (χ4n) is 2.75. The van der Waals surface area contributed by atoms with Gasteiger partial charge in [-0.15, -0.1) is 11.8 Å². The third kappa shape index (κ3) is 5.24. The zero-order valence-corrected chi connectivity index (χ0v) is 15.7. The third-order valence-corrected chi connectivity index (χ3v) is 5.14. The normalized spacial score (nSPS) is 17.9. The average Bonchev–Trinajstić information content (AvgIpc) is 3.08. The summed E-state index contributed by atoms with van der Waals surface area (Å²) in [5.74, 6) is -1.09. The Balaban J connectivity index is 2.10. The van der Waals surface area contributed by atoms with Crippen molar-refractivity contribution in [1.82, 2.24) is 10.2 Å². The van der Waals surface area contributed by atoms with Crippen molar-refractivity contribution in [1.29, 1.82) is 0 Å². The summed E-state index contributed by atoms with van der Waals surface area (Å²) in [5, 5.41) is 2.44. The molecule has 0 saturated carbocycles. The lowest BCUT2D eigenvalue weighted by Gasteiger charge is -2.23. The molecule has 1 N–H and O–H groups in total. The number of allylic oxidation sites excluding steroid dienone is 1. The molecule has 1 fully saturated rings. The predicted octanol–water partition coefficient (Wildman–Crippen LogP) is 3.72. The van der Waals surface area contributed by atoms with Crippen LogP contribution < -0.4 is 5.32 Å². The number of nitrogens with one attached hydrogen (secondary N) is 1. The largest absolute Gasteiger partial charge is 0.416 e. The summed E-state index contributed by atoms with van der Waals surface area (Å²) in [7, 11) is 0. The molecule has 2 rings (SSSR count). The number of halogens is 4. The summed E-state index contributed by atoms with van der Waals surface area (Å²) in [6.45, 7) is 3.15. The van der Waals surface area contributed by atoms with Crippen LogP contribution in [0.5, 0.6) is 0 Å². The first-order valence-corrected chi connectivity index (χ1v) is 9.49. The van der Waals surface area contributed by atoms with E-state index in [0.29, 0.717) is 29.7 Å². The van der Waals surface area contributed by atoms with Crippen LogP contribution in [-0.2, 0) is 22.3 Å². The second-order valence-electron chi connectivity index (χ2n) is 6.10. The maximum Gasteiger partial charge on any atom is 0.416 e. The molecule has 1 aromatic carbocycles. The van der Waals surface area contributed by atoms with E-state index in [1.54, 1.807) is 13.0 Å². The highest BCUT2D eigenvalue weighted by Gasteiger charge is 2.36. The molecule has 4 nitrogen and oxygen atoms in total. The Kier molecular flexibility index (Phi) is 6.91. The van der Waals surface area contributed by atoms with E-state index in [0.717, 1.165) is 12.1 Å². The van der Waals surface area contributed by atoms with Crippen LogP contribution in [0.1, 0.15) is 31.4 Å². The first kappa shape index (κ1) is 21.3. The Hall–Kier alpha value is -2.03. The van der Waals surface area contributed by atoms with E-state index in [9.17, 15) is 27.2 Å². The van der Waals surface area contributed by atoms with Gasteiger partial charge in [-0.3, -0.25) is 9.59 Å². The predicted molar refractivity (Wildman–Crippen MR) is 95.3 cm³/mol. The van der Waals surface area contributed by atoms with Crippen LogP contribution in [0.15, 0.2) is 29.8 Å². The van der Waals surface area contributed by atoms with Gasteiger partial charge in [-0.1, -0.05) is 19.1 Å². The number of carbonyl (C=O) groups excluding carboxylic acids is 2. The zero-order chi connectivity index (χ0) is 20.2. The van der Waals surface area contributed by atoms with Crippen LogP contribution in [0, 0.1) is 5.82 Å². The van der Waals surface area contributed by atoms with Crippen LogP contribution in [-0.4, -0.2) is 34.4 Å². The van der Waals surface area contributed by atoms with Crippen molar-refractivity contribution < 1.29 is 27.2 Å². The summed E-state index contributed by atoms with van der Waals surface area (Å²) in [6.07, 6.45) is -2.29. The zero-order valence-electron chi connectivity index (χ0n) is 14.9. The van der Waals surface area contributed by atoms with Crippen molar-refractivity contribution in [2.45, 2.75) is 39.0 Å². The number of hydrogen-bond donors (Lipinski definition) is 1. The molecule has 1 saturated heterocycles. The highest BCUT2D eigenvalue weighted by Crippen LogP contribution is 2.32. The number of amides is 2. The molecule has 9 heteroatoms. The lowest BCUT2D eigenvalue weighted by Crippen LogP contribution is -2.47. The van der Waals surface area contributed by atoms with Gasteiger partial charge in [0, 0.05) is 17.9 Å². The van der Waals surface area contributed by atoms with E-state index in [-0.39, 0.29) is 11.5 Å². The molecule has 1 atom stereocenters. The average molecular weight is 404 g/mol. The van der Waals surface area contributed by atoms with Gasteiger partial charge in [0.05, 0.1) is 11.4 Å². The molecule has 0 spiro atoms. The van der Waals surface area contributed by atoms with E-state index in [2.05, 4.69) is 5.32 Å². The highest BCUT2D eigenvalue weighted by atomic mass is 32.2. The molecule has 2 amide bonds. The van der Waals surface area contributed by atoms with Gasteiger partial charge in [0.2, 0.25) is 5.91 Å². The maximum absolute atomic E-state index is 13.2. The molecular formula is C18H20F4N2O2S. The molecule has 0 aromatic heterocycles. The summed E-state index contributed by atoms with van der Waals surface area (Å²) in [5.41, 5.74) is -0.836. The smallest absolute Gasteiger partial charge is 0.350 e. The molecule has 1 aliphatic heterocycles. The summed E-state index contributed by atoms with van der Waals surface area (Å²) in [6, 6.07) is 1.56. The van der Waals surface area contributed by atoms with Crippen LogP contribution >= 0.6 is 11.8 Å². The number of carbonyl (C=O) groups is 2. The van der Waals surface area contributed by atoms with Gasteiger partial charge in [0.1, 0.15) is 11.9 Å². The van der Waals surface area contributed by atoms with Crippen molar-refractivity contribution in [2.75, 3.05) is 11.6 Å². The quantitative estimate of drug-likeness (QED) is 0.601. The van der Waals surface area contributed by atoms with E-state index in [1.807, 2.05) is 6.92 Å². The van der Waals surface area contributed by atoms with E-state index in [4.69, 9.17) is 0 Å². The van der Waals surface area contributed by atoms with E-state index in [1.165, 1.54) is 16.7 Å². The highest BCUT2D eigenvalue weighted by molar-refractivity contribution is 7.99. The van der Waals surface area contributed by atoms with Gasteiger partial charge in [-0.05, 0) is 31.0 Å². The molecule has 148 valence electrons. The lowest BCUT2D eigenvalue weighted by molar-refractivity contribution is -0.139. The van der Waals surface area contributed by atoms with Gasteiger partial charge >= 0.3 is 6.18 Å². The Labute approximate surface area is 159 Å². The summed E-state index contributed by atoms with van der Waals surface area (Å²) in [4.78, 5) is 26.3. The third-order valence-electron chi connectivity index (χ3n) is 4.12. The van der Waals surface area contributed by atoms with Gasteiger partial charge in [-0.2, -0.15) is 13.2 Å². The first-order chi connectivity index (χ1) is 12.6. The van der Waals surface area contributed by atoms with Crippen LogP contribution in [0.3, 0.4) is 0 Å². The number of hydrogen-bond acceptors (Lipinski definition) is 3. The van der Waals surface area contributed by atoms with E-state index >= 15 is 0 Å². The SMILES string of the molecule is CCC=C(C)C(=O)N1CSCC1C(=O)NCc1ccc(F)cc1C(F)(F)F. The summed E-state index contributed by atoms with van der Waals surface area (Å²) >= 11 is 1.40. The first-order valence-electron chi connectivity index (χ1n) is 8.34. The van der Waals surface area contributed by atoms with Gasteiger partial charge in [0.25, 0.3) is 5.91 Å². The van der Waals surface area contributed by atoms with Gasteiger partial charge in [0.15, 0.2) is 0 Å². The second kappa shape index (κ2) is 8.77. The minimum Gasteiger partial charge on any atom is -0.350 e. The van der Waals surface area contributed by atoms with Crippen LogP contribution in [0.25, 0.3) is 0 Å². The Bertz CT molecular complexity index is 749. The molecule has 1 heterocycles. The Morgan fingerprint density at radius 3 is 2.70 bits per heavy atom. The minimum absolute atomic E-state index is 0.233. The standard InChI is InChI=1S/C18H20F4N2O2S/c1-3-4-11(2)17(26)24-10-27-9-15(24)16(25)23-8-12-5-6-13(19)7-14(12)18(20,21)22/h4-7,15H,3,8-10H2,1-2H3,(H,23,25). The second-order valence-corrected chi connectivity index (χ2v) is 7.10.